The summed E-state index contributed by atoms with van der Waals surface area (Å²) in [6.07, 6.45) is 5.40. The van der Waals surface area contributed by atoms with Gasteiger partial charge in [-0.05, 0) is 30.7 Å². The molecule has 0 aliphatic rings. The van der Waals surface area contributed by atoms with Crippen LogP contribution in [-0.4, -0.2) is 14.8 Å². The molecule has 0 atom stereocenters. The molecule has 0 unspecified atom stereocenters. The number of nitrogens with zero attached hydrogens (tertiary/aromatic N) is 3. The Kier molecular flexibility index (Phi) is 3.85. The van der Waals surface area contributed by atoms with E-state index in [1.54, 1.807) is 17.1 Å². The van der Waals surface area contributed by atoms with Crippen LogP contribution in [0.15, 0.2) is 36.8 Å². The lowest BCUT2D eigenvalue weighted by Crippen LogP contribution is -1.97. The van der Waals surface area contributed by atoms with Crippen LogP contribution in [0, 0.1) is 6.92 Å². The Labute approximate surface area is 84.4 Å². The van der Waals surface area contributed by atoms with Crippen LogP contribution in [0.2, 0.25) is 0 Å². The Morgan fingerprint density at radius 3 is 2.57 bits per heavy atom. The van der Waals surface area contributed by atoms with Crippen LogP contribution in [0.4, 0.5) is 0 Å². The summed E-state index contributed by atoms with van der Waals surface area (Å²) in [5, 5.41) is 4.08. The summed E-state index contributed by atoms with van der Waals surface area (Å²) in [5.41, 5.74) is 1.19. The predicted octanol–water partition coefficient (Wildman–Crippen LogP) is 2.60. The molecule has 2 aromatic rings. The van der Waals surface area contributed by atoms with Gasteiger partial charge in [0.25, 0.3) is 0 Å². The maximum Gasteiger partial charge on any atom is 0.153 e. The summed E-state index contributed by atoms with van der Waals surface area (Å²) >= 11 is 0. The SMILES string of the molecule is CC.Cc1ccnc(-n2cccn2)c1. The van der Waals surface area contributed by atoms with Crippen LogP contribution in [0.1, 0.15) is 19.4 Å². The molecule has 2 heterocycles. The molecule has 0 aliphatic carbocycles. The molecule has 3 nitrogen and oxygen atoms in total. The van der Waals surface area contributed by atoms with Gasteiger partial charge in [0.1, 0.15) is 0 Å². The van der Waals surface area contributed by atoms with Crippen LogP contribution in [0.3, 0.4) is 0 Å². The fraction of sp³-hybridized carbons (Fsp3) is 0.273. The molecule has 0 aromatic carbocycles. The molecular weight excluding hydrogens is 174 g/mol. The molecule has 0 radical (unpaired) electrons. The molecule has 0 aliphatic heterocycles. The lowest BCUT2D eigenvalue weighted by molar-refractivity contribution is 0.845. The normalized spacial score (nSPS) is 9.07. The molecule has 74 valence electrons. The third kappa shape index (κ3) is 2.42. The molecule has 0 fully saturated rings. The molecule has 0 saturated heterocycles. The first-order chi connectivity index (χ1) is 6.86. The van der Waals surface area contributed by atoms with Gasteiger partial charge in [-0.25, -0.2) is 9.67 Å². The van der Waals surface area contributed by atoms with Crippen LogP contribution in [-0.2, 0) is 0 Å². The molecule has 0 bridgehead atoms. The molecule has 0 N–H and O–H groups in total. The third-order valence-corrected chi connectivity index (χ3v) is 1.64. The fourth-order valence-electron chi connectivity index (χ4n) is 1.05. The number of rotatable bonds is 1. The van der Waals surface area contributed by atoms with Gasteiger partial charge in [-0.15, -0.1) is 0 Å². The second kappa shape index (κ2) is 5.17. The first-order valence-electron chi connectivity index (χ1n) is 4.79. The molecule has 0 amide bonds. The zero-order valence-electron chi connectivity index (χ0n) is 8.81. The van der Waals surface area contributed by atoms with E-state index in [-0.39, 0.29) is 0 Å². The van der Waals surface area contributed by atoms with Crippen molar-refractivity contribution in [2.45, 2.75) is 20.8 Å². The summed E-state index contributed by atoms with van der Waals surface area (Å²) < 4.78 is 1.74. The van der Waals surface area contributed by atoms with Crippen molar-refractivity contribution >= 4 is 0 Å². The van der Waals surface area contributed by atoms with Gasteiger partial charge in [-0.1, -0.05) is 13.8 Å². The first kappa shape index (κ1) is 10.4. The van der Waals surface area contributed by atoms with Crippen molar-refractivity contribution in [3.8, 4) is 5.82 Å². The van der Waals surface area contributed by atoms with E-state index >= 15 is 0 Å². The minimum Gasteiger partial charge on any atom is -0.237 e. The first-order valence-corrected chi connectivity index (χ1v) is 4.79. The highest BCUT2D eigenvalue weighted by atomic mass is 15.3. The Hall–Kier alpha value is -1.64. The summed E-state index contributed by atoms with van der Waals surface area (Å²) in [5.74, 6) is 0.861. The summed E-state index contributed by atoms with van der Waals surface area (Å²) in [6, 6.07) is 5.84. The smallest absolute Gasteiger partial charge is 0.153 e. The Morgan fingerprint density at radius 2 is 2.00 bits per heavy atom. The minimum absolute atomic E-state index is 0.861. The minimum atomic E-state index is 0.861. The lowest BCUT2D eigenvalue weighted by Gasteiger charge is -1.99. The van der Waals surface area contributed by atoms with Gasteiger partial charge in [0.05, 0.1) is 0 Å². The Balaban J connectivity index is 0.000000461. The van der Waals surface area contributed by atoms with Crippen LogP contribution in [0.25, 0.3) is 5.82 Å². The highest BCUT2D eigenvalue weighted by Gasteiger charge is 1.95. The molecule has 2 aromatic heterocycles. The largest absolute Gasteiger partial charge is 0.237 e. The summed E-state index contributed by atoms with van der Waals surface area (Å²) in [4.78, 5) is 4.18. The summed E-state index contributed by atoms with van der Waals surface area (Å²) in [6.45, 7) is 6.04. The van der Waals surface area contributed by atoms with Gasteiger partial charge in [0, 0.05) is 18.6 Å². The Bertz CT molecular complexity index is 366. The van der Waals surface area contributed by atoms with Crippen molar-refractivity contribution in [2.75, 3.05) is 0 Å². The Morgan fingerprint density at radius 1 is 1.21 bits per heavy atom. The third-order valence-electron chi connectivity index (χ3n) is 1.64. The van der Waals surface area contributed by atoms with E-state index in [0.717, 1.165) is 5.82 Å². The van der Waals surface area contributed by atoms with Crippen LogP contribution in [0.5, 0.6) is 0 Å². The van der Waals surface area contributed by atoms with Gasteiger partial charge in [0.2, 0.25) is 0 Å². The van der Waals surface area contributed by atoms with Crippen molar-refractivity contribution in [3.63, 3.8) is 0 Å². The molecule has 2 rings (SSSR count). The molecule has 14 heavy (non-hydrogen) atoms. The van der Waals surface area contributed by atoms with Gasteiger partial charge < -0.3 is 0 Å². The van der Waals surface area contributed by atoms with E-state index in [1.165, 1.54) is 5.56 Å². The van der Waals surface area contributed by atoms with E-state index < -0.39 is 0 Å². The number of pyridine rings is 1. The highest BCUT2D eigenvalue weighted by Crippen LogP contribution is 2.03. The standard InChI is InChI=1S/C9H9N3.C2H6/c1-8-3-5-10-9(7-8)12-6-2-4-11-12;1-2/h2-7H,1H3;1-2H3. The van der Waals surface area contributed by atoms with E-state index in [4.69, 9.17) is 0 Å². The van der Waals surface area contributed by atoms with Crippen molar-refractivity contribution in [3.05, 3.63) is 42.4 Å². The van der Waals surface area contributed by atoms with Crippen molar-refractivity contribution in [1.82, 2.24) is 14.8 Å². The topological polar surface area (TPSA) is 30.7 Å². The van der Waals surface area contributed by atoms with Gasteiger partial charge in [0.15, 0.2) is 5.82 Å². The maximum atomic E-state index is 4.18. The maximum absolute atomic E-state index is 4.18. The van der Waals surface area contributed by atoms with E-state index in [2.05, 4.69) is 10.1 Å². The molecule has 0 saturated carbocycles. The zero-order valence-corrected chi connectivity index (χ0v) is 8.81. The average Bonchev–Trinajstić information content (AvgIpc) is 2.74. The average molecular weight is 189 g/mol. The quantitative estimate of drug-likeness (QED) is 0.690. The molecule has 3 heteroatoms. The highest BCUT2D eigenvalue weighted by molar-refractivity contribution is 5.25. The number of aryl methyl sites for hydroxylation is 1. The second-order valence-corrected chi connectivity index (χ2v) is 2.64. The lowest BCUT2D eigenvalue weighted by atomic mass is 10.3. The van der Waals surface area contributed by atoms with E-state index in [0.29, 0.717) is 0 Å². The van der Waals surface area contributed by atoms with Crippen molar-refractivity contribution < 1.29 is 0 Å². The second-order valence-electron chi connectivity index (χ2n) is 2.64. The van der Waals surface area contributed by atoms with Crippen LogP contribution < -0.4 is 0 Å². The van der Waals surface area contributed by atoms with Crippen molar-refractivity contribution in [1.29, 1.82) is 0 Å². The summed E-state index contributed by atoms with van der Waals surface area (Å²) in [7, 11) is 0. The fourth-order valence-corrected chi connectivity index (χ4v) is 1.05. The van der Waals surface area contributed by atoms with Crippen molar-refractivity contribution in [2.24, 2.45) is 0 Å². The van der Waals surface area contributed by atoms with Crippen LogP contribution >= 0.6 is 0 Å². The monoisotopic (exact) mass is 189 g/mol. The number of hydrogen-bond donors (Lipinski definition) is 0. The van der Waals surface area contributed by atoms with Gasteiger partial charge in [-0.2, -0.15) is 5.10 Å². The molecular formula is C11H15N3. The predicted molar refractivity (Wildman–Crippen MR) is 57.4 cm³/mol. The molecule has 0 spiro atoms. The van der Waals surface area contributed by atoms with E-state index in [1.807, 2.05) is 45.2 Å². The van der Waals surface area contributed by atoms with E-state index in [9.17, 15) is 0 Å². The number of aromatic nitrogens is 3. The van der Waals surface area contributed by atoms with Gasteiger partial charge >= 0.3 is 0 Å². The van der Waals surface area contributed by atoms with Gasteiger partial charge in [-0.3, -0.25) is 0 Å². The number of hydrogen-bond acceptors (Lipinski definition) is 2. The zero-order chi connectivity index (χ0) is 10.4.